The van der Waals surface area contributed by atoms with E-state index in [1.54, 1.807) is 32.2 Å². The highest BCUT2D eigenvalue weighted by atomic mass is 35.5. The van der Waals surface area contributed by atoms with Crippen LogP contribution in [-0.4, -0.2) is 30.9 Å². The lowest BCUT2D eigenvalue weighted by Crippen LogP contribution is -2.52. The maximum Gasteiger partial charge on any atom is 0.242 e. The SMILES string of the molecule is CNC(=O)[C@@H](NC(=O)C(C)Nc1ccc(Cl)c(Cl)c1)C(C)C. The van der Waals surface area contributed by atoms with Crippen LogP contribution in [0.5, 0.6) is 0 Å². The summed E-state index contributed by atoms with van der Waals surface area (Å²) < 4.78 is 0. The summed E-state index contributed by atoms with van der Waals surface area (Å²) in [6, 6.07) is 3.93. The standard InChI is InChI=1S/C15H21Cl2N3O2/c1-8(2)13(15(22)18-4)20-14(21)9(3)19-10-5-6-11(16)12(17)7-10/h5-9,13,19H,1-4H3,(H,18,22)(H,20,21)/t9?,13-/m0/s1. The third-order valence-corrected chi connectivity index (χ3v) is 3.93. The number of hydrogen-bond donors (Lipinski definition) is 3. The zero-order valence-corrected chi connectivity index (χ0v) is 14.5. The molecule has 0 spiro atoms. The van der Waals surface area contributed by atoms with E-state index < -0.39 is 12.1 Å². The van der Waals surface area contributed by atoms with Gasteiger partial charge in [0.1, 0.15) is 12.1 Å². The van der Waals surface area contributed by atoms with E-state index in [1.165, 1.54) is 0 Å². The zero-order chi connectivity index (χ0) is 16.9. The molecule has 5 nitrogen and oxygen atoms in total. The summed E-state index contributed by atoms with van der Waals surface area (Å²) in [5.74, 6) is -0.500. The van der Waals surface area contributed by atoms with Crippen LogP contribution < -0.4 is 16.0 Å². The number of carbonyl (C=O) groups is 2. The molecule has 3 N–H and O–H groups in total. The Labute approximate surface area is 140 Å². The number of rotatable bonds is 6. The van der Waals surface area contributed by atoms with Crippen molar-refractivity contribution in [3.05, 3.63) is 28.2 Å². The van der Waals surface area contributed by atoms with Crippen LogP contribution in [0.15, 0.2) is 18.2 Å². The number of carbonyl (C=O) groups excluding carboxylic acids is 2. The Morgan fingerprint density at radius 2 is 1.68 bits per heavy atom. The van der Waals surface area contributed by atoms with Gasteiger partial charge in [0.05, 0.1) is 10.0 Å². The van der Waals surface area contributed by atoms with Gasteiger partial charge in [-0.15, -0.1) is 0 Å². The van der Waals surface area contributed by atoms with Gasteiger partial charge in [-0.2, -0.15) is 0 Å². The van der Waals surface area contributed by atoms with Gasteiger partial charge in [-0.25, -0.2) is 0 Å². The fourth-order valence-corrected chi connectivity index (χ4v) is 2.17. The molecule has 0 bridgehead atoms. The van der Waals surface area contributed by atoms with Crippen LogP contribution in [0.2, 0.25) is 10.0 Å². The van der Waals surface area contributed by atoms with Gasteiger partial charge < -0.3 is 16.0 Å². The second kappa shape index (κ2) is 8.25. The molecule has 2 atom stereocenters. The molecule has 0 saturated carbocycles. The van der Waals surface area contributed by atoms with Gasteiger partial charge in [-0.1, -0.05) is 37.0 Å². The lowest BCUT2D eigenvalue weighted by atomic mass is 10.0. The molecule has 0 aliphatic carbocycles. The molecule has 0 radical (unpaired) electrons. The predicted octanol–water partition coefficient (Wildman–Crippen LogP) is 2.68. The van der Waals surface area contributed by atoms with E-state index in [0.29, 0.717) is 15.7 Å². The summed E-state index contributed by atoms with van der Waals surface area (Å²) in [6.07, 6.45) is 0. The van der Waals surface area contributed by atoms with Crippen molar-refractivity contribution in [2.75, 3.05) is 12.4 Å². The number of likely N-dealkylation sites (N-methyl/N-ethyl adjacent to an activating group) is 1. The van der Waals surface area contributed by atoms with Crippen LogP contribution in [0.4, 0.5) is 5.69 Å². The van der Waals surface area contributed by atoms with E-state index in [9.17, 15) is 9.59 Å². The number of halogens is 2. The van der Waals surface area contributed by atoms with Crippen molar-refractivity contribution in [2.45, 2.75) is 32.9 Å². The van der Waals surface area contributed by atoms with E-state index in [2.05, 4.69) is 16.0 Å². The third kappa shape index (κ3) is 5.07. The molecule has 1 aromatic carbocycles. The van der Waals surface area contributed by atoms with Gasteiger partial charge >= 0.3 is 0 Å². The second-order valence-corrected chi connectivity index (χ2v) is 6.15. The van der Waals surface area contributed by atoms with Crippen LogP contribution in [0.1, 0.15) is 20.8 Å². The van der Waals surface area contributed by atoms with Gasteiger partial charge in [-0.3, -0.25) is 9.59 Å². The predicted molar refractivity (Wildman–Crippen MR) is 90.4 cm³/mol. The monoisotopic (exact) mass is 345 g/mol. The molecular weight excluding hydrogens is 325 g/mol. The van der Waals surface area contributed by atoms with E-state index in [1.807, 2.05) is 13.8 Å². The third-order valence-electron chi connectivity index (χ3n) is 3.19. The lowest BCUT2D eigenvalue weighted by molar-refractivity contribution is -0.129. The molecule has 1 unspecified atom stereocenters. The Bertz CT molecular complexity index is 550. The Kier molecular flexibility index (Phi) is 6.97. The Morgan fingerprint density at radius 3 is 2.18 bits per heavy atom. The van der Waals surface area contributed by atoms with Crippen LogP contribution in [-0.2, 0) is 9.59 Å². The van der Waals surface area contributed by atoms with Gasteiger partial charge in [0.2, 0.25) is 11.8 Å². The molecular formula is C15H21Cl2N3O2. The highest BCUT2D eigenvalue weighted by Crippen LogP contribution is 2.25. The maximum absolute atomic E-state index is 12.2. The topological polar surface area (TPSA) is 70.2 Å². The smallest absolute Gasteiger partial charge is 0.242 e. The first-order valence-electron chi connectivity index (χ1n) is 6.99. The summed E-state index contributed by atoms with van der Waals surface area (Å²) in [7, 11) is 1.54. The number of benzene rings is 1. The van der Waals surface area contributed by atoms with Gasteiger partial charge in [0, 0.05) is 12.7 Å². The van der Waals surface area contributed by atoms with Crippen molar-refractivity contribution in [1.82, 2.24) is 10.6 Å². The molecule has 1 rings (SSSR count). The minimum absolute atomic E-state index is 0.0129. The highest BCUT2D eigenvalue weighted by molar-refractivity contribution is 6.42. The van der Waals surface area contributed by atoms with Crippen LogP contribution in [0.3, 0.4) is 0 Å². The summed E-state index contributed by atoms with van der Waals surface area (Å²) in [6.45, 7) is 5.45. The molecule has 22 heavy (non-hydrogen) atoms. The fourth-order valence-electron chi connectivity index (χ4n) is 1.87. The van der Waals surface area contributed by atoms with Crippen LogP contribution in [0.25, 0.3) is 0 Å². The number of nitrogens with one attached hydrogen (secondary N) is 3. The first-order valence-corrected chi connectivity index (χ1v) is 7.75. The summed E-state index contributed by atoms with van der Waals surface area (Å²) in [5, 5.41) is 9.17. The van der Waals surface area contributed by atoms with Gasteiger partial charge in [0.15, 0.2) is 0 Å². The Hall–Kier alpha value is -1.46. The molecule has 0 aliphatic rings. The minimum Gasteiger partial charge on any atom is -0.374 e. The average Bonchev–Trinajstić information content (AvgIpc) is 2.47. The molecule has 0 aliphatic heterocycles. The molecule has 1 aromatic rings. The first kappa shape index (κ1) is 18.6. The van der Waals surface area contributed by atoms with E-state index >= 15 is 0 Å². The molecule has 0 heterocycles. The molecule has 122 valence electrons. The fraction of sp³-hybridized carbons (Fsp3) is 0.467. The van der Waals surface area contributed by atoms with Crippen LogP contribution >= 0.6 is 23.2 Å². The largest absolute Gasteiger partial charge is 0.374 e. The highest BCUT2D eigenvalue weighted by Gasteiger charge is 2.25. The number of amides is 2. The van der Waals surface area contributed by atoms with Crippen molar-refractivity contribution in [3.8, 4) is 0 Å². The summed E-state index contributed by atoms with van der Waals surface area (Å²) in [5.41, 5.74) is 0.679. The number of hydrogen-bond acceptors (Lipinski definition) is 3. The number of anilines is 1. The first-order chi connectivity index (χ1) is 10.3. The van der Waals surface area contributed by atoms with Gasteiger partial charge in [0.25, 0.3) is 0 Å². The second-order valence-electron chi connectivity index (χ2n) is 5.34. The van der Waals surface area contributed by atoms with Crippen LogP contribution in [0, 0.1) is 5.92 Å². The van der Waals surface area contributed by atoms with Gasteiger partial charge in [-0.05, 0) is 31.0 Å². The summed E-state index contributed by atoms with van der Waals surface area (Å²) in [4.78, 5) is 24.0. The van der Waals surface area contributed by atoms with Crippen molar-refractivity contribution in [3.63, 3.8) is 0 Å². The summed E-state index contributed by atoms with van der Waals surface area (Å²) >= 11 is 11.8. The quantitative estimate of drug-likeness (QED) is 0.742. The molecule has 0 saturated heterocycles. The van der Waals surface area contributed by atoms with E-state index in [4.69, 9.17) is 23.2 Å². The lowest BCUT2D eigenvalue weighted by Gasteiger charge is -2.23. The van der Waals surface area contributed by atoms with Crippen molar-refractivity contribution in [2.24, 2.45) is 5.92 Å². The zero-order valence-electron chi connectivity index (χ0n) is 13.0. The van der Waals surface area contributed by atoms with E-state index in [-0.39, 0.29) is 17.7 Å². The van der Waals surface area contributed by atoms with Crippen molar-refractivity contribution in [1.29, 1.82) is 0 Å². The molecule has 0 aromatic heterocycles. The Balaban J connectivity index is 2.71. The normalized spacial score (nSPS) is 13.4. The minimum atomic E-state index is -0.574. The molecule has 0 fully saturated rings. The van der Waals surface area contributed by atoms with E-state index in [0.717, 1.165) is 0 Å². The maximum atomic E-state index is 12.2. The molecule has 7 heteroatoms. The van der Waals surface area contributed by atoms with Crippen molar-refractivity contribution < 1.29 is 9.59 Å². The average molecular weight is 346 g/mol. The van der Waals surface area contributed by atoms with Crippen molar-refractivity contribution >= 4 is 40.7 Å². The molecule has 2 amide bonds. The Morgan fingerprint density at radius 1 is 1.05 bits per heavy atom.